The molecule has 0 fully saturated rings. The third-order valence-corrected chi connectivity index (χ3v) is 5.84. The SMILES string of the molecule is Cc1ccc(NC(=O)C(C)OC(=O)c2ccc3nc(-c4ccco4)c(-c4ccco4)nc3c2)cc1C. The number of rotatable bonds is 6. The number of carbonyl (C=O) groups excluding carboxylic acids is 2. The third-order valence-electron chi connectivity index (χ3n) is 5.84. The number of furan rings is 2. The van der Waals surface area contributed by atoms with Crippen molar-refractivity contribution >= 4 is 28.6 Å². The molecule has 5 aromatic rings. The van der Waals surface area contributed by atoms with E-state index in [0.717, 1.165) is 11.1 Å². The molecule has 1 atom stereocenters. The number of amides is 1. The summed E-state index contributed by atoms with van der Waals surface area (Å²) in [6.07, 6.45) is 2.11. The van der Waals surface area contributed by atoms with E-state index in [1.165, 1.54) is 6.92 Å². The number of ether oxygens (including phenoxy) is 1. The number of benzene rings is 2. The van der Waals surface area contributed by atoms with Gasteiger partial charge in [0.1, 0.15) is 11.4 Å². The van der Waals surface area contributed by atoms with Crippen molar-refractivity contribution in [2.75, 3.05) is 5.32 Å². The smallest absolute Gasteiger partial charge is 0.338 e. The molecule has 3 heterocycles. The van der Waals surface area contributed by atoms with Gasteiger partial charge in [0.15, 0.2) is 17.6 Å². The zero-order chi connectivity index (χ0) is 25.2. The van der Waals surface area contributed by atoms with Gasteiger partial charge in [-0.3, -0.25) is 4.79 Å². The van der Waals surface area contributed by atoms with E-state index in [4.69, 9.17) is 23.5 Å². The van der Waals surface area contributed by atoms with E-state index in [1.807, 2.05) is 32.0 Å². The average molecular weight is 482 g/mol. The standard InChI is InChI=1S/C28H23N3O5/c1-16-8-10-20(14-17(16)2)29-27(32)18(3)36-28(33)19-9-11-21-22(15-19)31-26(24-7-5-13-35-24)25(30-21)23-6-4-12-34-23/h4-15,18H,1-3H3,(H,29,32). The van der Waals surface area contributed by atoms with Crippen LogP contribution in [0.15, 0.2) is 82.0 Å². The first-order valence-electron chi connectivity index (χ1n) is 11.4. The van der Waals surface area contributed by atoms with E-state index in [2.05, 4.69) is 5.32 Å². The van der Waals surface area contributed by atoms with E-state index < -0.39 is 18.0 Å². The second-order valence-electron chi connectivity index (χ2n) is 8.41. The van der Waals surface area contributed by atoms with Gasteiger partial charge in [0.2, 0.25) is 0 Å². The quantitative estimate of drug-likeness (QED) is 0.299. The lowest BCUT2D eigenvalue weighted by Gasteiger charge is -2.14. The summed E-state index contributed by atoms with van der Waals surface area (Å²) < 4.78 is 16.5. The molecule has 0 aliphatic heterocycles. The summed E-state index contributed by atoms with van der Waals surface area (Å²) in [6.45, 7) is 5.49. The Morgan fingerprint density at radius 1 is 0.833 bits per heavy atom. The number of esters is 1. The number of nitrogens with zero attached hydrogens (tertiary/aromatic N) is 2. The van der Waals surface area contributed by atoms with Gasteiger partial charge < -0.3 is 18.9 Å². The maximum absolute atomic E-state index is 12.8. The Morgan fingerprint density at radius 3 is 2.11 bits per heavy atom. The molecule has 0 saturated heterocycles. The summed E-state index contributed by atoms with van der Waals surface area (Å²) in [5.74, 6) is -0.00483. The highest BCUT2D eigenvalue weighted by molar-refractivity contribution is 5.99. The minimum Gasteiger partial charge on any atom is -0.463 e. The van der Waals surface area contributed by atoms with Crippen LogP contribution in [0.5, 0.6) is 0 Å². The van der Waals surface area contributed by atoms with Gasteiger partial charge in [-0.2, -0.15) is 0 Å². The third kappa shape index (κ3) is 4.61. The number of fused-ring (bicyclic) bond motifs is 1. The van der Waals surface area contributed by atoms with Crippen LogP contribution in [0.3, 0.4) is 0 Å². The minimum atomic E-state index is -0.999. The van der Waals surface area contributed by atoms with Crippen LogP contribution >= 0.6 is 0 Å². The molecule has 180 valence electrons. The Hall–Kier alpha value is -4.72. The Kier molecular flexibility index (Phi) is 6.08. The van der Waals surface area contributed by atoms with Crippen LogP contribution in [0.2, 0.25) is 0 Å². The topological polar surface area (TPSA) is 107 Å². The van der Waals surface area contributed by atoms with Crippen LogP contribution in [0.4, 0.5) is 5.69 Å². The number of aryl methyl sites for hydroxylation is 2. The predicted octanol–water partition coefficient (Wildman–Crippen LogP) is 5.95. The summed E-state index contributed by atoms with van der Waals surface area (Å²) in [5, 5.41) is 2.78. The number of aromatic nitrogens is 2. The molecular formula is C28H23N3O5. The molecule has 1 amide bonds. The fourth-order valence-corrected chi connectivity index (χ4v) is 3.70. The lowest BCUT2D eigenvalue weighted by atomic mass is 10.1. The van der Waals surface area contributed by atoms with E-state index >= 15 is 0 Å². The van der Waals surface area contributed by atoms with Gasteiger partial charge in [-0.25, -0.2) is 14.8 Å². The van der Waals surface area contributed by atoms with E-state index in [0.29, 0.717) is 39.6 Å². The van der Waals surface area contributed by atoms with Crippen molar-refractivity contribution in [2.45, 2.75) is 26.9 Å². The maximum atomic E-state index is 12.8. The first-order valence-corrected chi connectivity index (χ1v) is 11.4. The molecule has 0 aliphatic carbocycles. The highest BCUT2D eigenvalue weighted by atomic mass is 16.5. The van der Waals surface area contributed by atoms with Crippen molar-refractivity contribution in [3.63, 3.8) is 0 Å². The Balaban J connectivity index is 1.38. The normalized spacial score (nSPS) is 11.9. The Labute approximate surface area is 206 Å². The van der Waals surface area contributed by atoms with Crippen molar-refractivity contribution < 1.29 is 23.2 Å². The van der Waals surface area contributed by atoms with Crippen LogP contribution in [0, 0.1) is 13.8 Å². The molecule has 0 bridgehead atoms. The van der Waals surface area contributed by atoms with Gasteiger partial charge in [-0.1, -0.05) is 6.07 Å². The van der Waals surface area contributed by atoms with Gasteiger partial charge in [-0.05, 0) is 86.5 Å². The van der Waals surface area contributed by atoms with E-state index in [1.54, 1.807) is 55.0 Å². The number of hydrogen-bond acceptors (Lipinski definition) is 7. The van der Waals surface area contributed by atoms with Crippen molar-refractivity contribution in [1.29, 1.82) is 0 Å². The fraction of sp³-hybridized carbons (Fsp3) is 0.143. The van der Waals surface area contributed by atoms with Gasteiger partial charge in [0, 0.05) is 5.69 Å². The van der Waals surface area contributed by atoms with Crippen molar-refractivity contribution in [2.24, 2.45) is 0 Å². The van der Waals surface area contributed by atoms with Crippen LogP contribution < -0.4 is 5.32 Å². The molecule has 0 radical (unpaired) electrons. The van der Waals surface area contributed by atoms with Crippen molar-refractivity contribution in [3.05, 3.63) is 89.9 Å². The highest BCUT2D eigenvalue weighted by Gasteiger charge is 2.21. The zero-order valence-corrected chi connectivity index (χ0v) is 19.9. The molecule has 2 aromatic carbocycles. The zero-order valence-electron chi connectivity index (χ0n) is 19.9. The first kappa shape index (κ1) is 23.0. The maximum Gasteiger partial charge on any atom is 0.338 e. The van der Waals surface area contributed by atoms with E-state index in [9.17, 15) is 9.59 Å². The Morgan fingerprint density at radius 2 is 1.50 bits per heavy atom. The number of carbonyl (C=O) groups is 2. The molecule has 36 heavy (non-hydrogen) atoms. The van der Waals surface area contributed by atoms with E-state index in [-0.39, 0.29) is 5.56 Å². The molecule has 1 unspecified atom stereocenters. The second-order valence-corrected chi connectivity index (χ2v) is 8.41. The van der Waals surface area contributed by atoms with Crippen LogP contribution in [0.25, 0.3) is 33.9 Å². The molecule has 5 rings (SSSR count). The number of hydrogen-bond donors (Lipinski definition) is 1. The Bertz CT molecular complexity index is 1560. The van der Waals surface area contributed by atoms with Gasteiger partial charge in [0.05, 0.1) is 29.1 Å². The molecule has 8 nitrogen and oxygen atoms in total. The van der Waals surface area contributed by atoms with Gasteiger partial charge >= 0.3 is 5.97 Å². The fourth-order valence-electron chi connectivity index (χ4n) is 3.70. The van der Waals surface area contributed by atoms with Crippen LogP contribution in [-0.4, -0.2) is 27.9 Å². The lowest BCUT2D eigenvalue weighted by molar-refractivity contribution is -0.123. The highest BCUT2D eigenvalue weighted by Crippen LogP contribution is 2.31. The second kappa shape index (κ2) is 9.50. The number of anilines is 1. The predicted molar refractivity (Wildman–Crippen MR) is 134 cm³/mol. The monoisotopic (exact) mass is 481 g/mol. The molecule has 3 aromatic heterocycles. The summed E-state index contributed by atoms with van der Waals surface area (Å²) in [4.78, 5) is 34.8. The summed E-state index contributed by atoms with van der Waals surface area (Å²) in [6, 6.07) is 17.5. The molecule has 0 spiro atoms. The molecule has 8 heteroatoms. The van der Waals surface area contributed by atoms with Gasteiger partial charge in [0.25, 0.3) is 5.91 Å². The van der Waals surface area contributed by atoms with Crippen molar-refractivity contribution in [3.8, 4) is 22.9 Å². The summed E-state index contributed by atoms with van der Waals surface area (Å²) in [7, 11) is 0. The molecule has 0 aliphatic rings. The molecular weight excluding hydrogens is 458 g/mol. The molecule has 1 N–H and O–H groups in total. The summed E-state index contributed by atoms with van der Waals surface area (Å²) in [5.41, 5.74) is 5.11. The number of nitrogens with one attached hydrogen (secondary N) is 1. The van der Waals surface area contributed by atoms with Gasteiger partial charge in [-0.15, -0.1) is 0 Å². The average Bonchev–Trinajstić information content (AvgIpc) is 3.60. The van der Waals surface area contributed by atoms with Crippen LogP contribution in [-0.2, 0) is 9.53 Å². The van der Waals surface area contributed by atoms with Crippen molar-refractivity contribution in [1.82, 2.24) is 9.97 Å². The minimum absolute atomic E-state index is 0.249. The van der Waals surface area contributed by atoms with Crippen LogP contribution in [0.1, 0.15) is 28.4 Å². The summed E-state index contributed by atoms with van der Waals surface area (Å²) >= 11 is 0. The lowest BCUT2D eigenvalue weighted by Crippen LogP contribution is -2.30. The molecule has 0 saturated carbocycles. The first-order chi connectivity index (χ1) is 17.4. The largest absolute Gasteiger partial charge is 0.463 e.